The van der Waals surface area contributed by atoms with E-state index in [0.29, 0.717) is 5.56 Å². The van der Waals surface area contributed by atoms with Gasteiger partial charge in [-0.2, -0.15) is 0 Å². The zero-order valence-electron chi connectivity index (χ0n) is 7.31. The third-order valence-corrected chi connectivity index (χ3v) is 1.90. The molecule has 2 aromatic rings. The van der Waals surface area contributed by atoms with Crippen molar-refractivity contribution in [3.8, 4) is 11.3 Å². The molecule has 1 amide bonds. The van der Waals surface area contributed by atoms with E-state index in [1.165, 1.54) is 6.26 Å². The molecule has 0 aliphatic heterocycles. The van der Waals surface area contributed by atoms with Gasteiger partial charge in [-0.1, -0.05) is 17.3 Å². The van der Waals surface area contributed by atoms with E-state index in [2.05, 4.69) is 5.16 Å². The van der Waals surface area contributed by atoms with E-state index in [9.17, 15) is 4.79 Å². The maximum absolute atomic E-state index is 10.8. The number of nitrogens with zero attached hydrogens (tertiary/aromatic N) is 1. The molecule has 0 fully saturated rings. The Bertz CT molecular complexity index is 432. The van der Waals surface area contributed by atoms with Crippen LogP contribution >= 0.6 is 0 Å². The van der Waals surface area contributed by atoms with Crippen LogP contribution in [0.25, 0.3) is 11.3 Å². The number of hydrogen-bond acceptors (Lipinski definition) is 3. The van der Waals surface area contributed by atoms with Crippen LogP contribution in [0.4, 0.5) is 0 Å². The highest BCUT2D eigenvalue weighted by atomic mass is 16.5. The molecule has 1 heterocycles. The van der Waals surface area contributed by atoms with Gasteiger partial charge in [0, 0.05) is 17.2 Å². The number of carbonyl (C=O) groups is 1. The van der Waals surface area contributed by atoms with Gasteiger partial charge in [0.15, 0.2) is 0 Å². The molecule has 0 aliphatic rings. The molecule has 0 unspecified atom stereocenters. The van der Waals surface area contributed by atoms with Crippen LogP contribution in [0.3, 0.4) is 0 Å². The van der Waals surface area contributed by atoms with Gasteiger partial charge in [0.1, 0.15) is 12.0 Å². The van der Waals surface area contributed by atoms with Gasteiger partial charge in [0.25, 0.3) is 0 Å². The Hall–Kier alpha value is -2.10. The largest absolute Gasteiger partial charge is 0.366 e. The topological polar surface area (TPSA) is 69.1 Å². The van der Waals surface area contributed by atoms with E-state index in [1.807, 2.05) is 0 Å². The van der Waals surface area contributed by atoms with E-state index in [0.717, 1.165) is 11.3 Å². The van der Waals surface area contributed by atoms with Gasteiger partial charge in [0.2, 0.25) is 5.91 Å². The molecular weight excluding hydrogens is 180 g/mol. The first-order chi connectivity index (χ1) is 6.77. The number of nitrogens with two attached hydrogens (primary N) is 1. The Labute approximate surface area is 80.3 Å². The summed E-state index contributed by atoms with van der Waals surface area (Å²) in [5.74, 6) is -0.434. The van der Waals surface area contributed by atoms with Gasteiger partial charge >= 0.3 is 0 Å². The molecule has 1 aromatic heterocycles. The average molecular weight is 188 g/mol. The van der Waals surface area contributed by atoms with Gasteiger partial charge in [-0.3, -0.25) is 4.79 Å². The van der Waals surface area contributed by atoms with Crippen molar-refractivity contribution in [1.29, 1.82) is 0 Å². The minimum absolute atomic E-state index is 0.434. The number of primary amides is 1. The first-order valence-corrected chi connectivity index (χ1v) is 4.08. The molecule has 70 valence electrons. The van der Waals surface area contributed by atoms with E-state index in [1.54, 1.807) is 30.3 Å². The Kier molecular flexibility index (Phi) is 2.02. The second kappa shape index (κ2) is 3.33. The van der Waals surface area contributed by atoms with Crippen LogP contribution in [0.5, 0.6) is 0 Å². The van der Waals surface area contributed by atoms with E-state index < -0.39 is 5.91 Å². The quantitative estimate of drug-likeness (QED) is 0.775. The summed E-state index contributed by atoms with van der Waals surface area (Å²) >= 11 is 0. The summed E-state index contributed by atoms with van der Waals surface area (Å²) in [6.07, 6.45) is 1.50. The van der Waals surface area contributed by atoms with Crippen LogP contribution in [-0.2, 0) is 0 Å². The number of rotatable bonds is 2. The summed E-state index contributed by atoms with van der Waals surface area (Å²) in [5.41, 5.74) is 7.22. The molecular formula is C10H8N2O2. The molecule has 0 bridgehead atoms. The van der Waals surface area contributed by atoms with Crippen molar-refractivity contribution in [2.75, 3.05) is 0 Å². The number of carbonyl (C=O) groups excluding carboxylic acids is 1. The Morgan fingerprint density at radius 2 is 1.93 bits per heavy atom. The smallest absolute Gasteiger partial charge is 0.248 e. The molecule has 0 atom stereocenters. The van der Waals surface area contributed by atoms with Gasteiger partial charge in [-0.15, -0.1) is 0 Å². The zero-order chi connectivity index (χ0) is 9.97. The summed E-state index contributed by atoms with van der Waals surface area (Å²) in [6, 6.07) is 8.62. The molecule has 1 aromatic carbocycles. The molecule has 4 heteroatoms. The van der Waals surface area contributed by atoms with Crippen molar-refractivity contribution >= 4 is 5.91 Å². The van der Waals surface area contributed by atoms with Gasteiger partial charge in [0.05, 0.1) is 0 Å². The molecule has 0 aliphatic carbocycles. The van der Waals surface area contributed by atoms with E-state index in [4.69, 9.17) is 10.3 Å². The summed E-state index contributed by atoms with van der Waals surface area (Å²) in [6.45, 7) is 0. The Morgan fingerprint density at radius 1 is 1.21 bits per heavy atom. The molecule has 2 N–H and O–H groups in total. The first kappa shape index (κ1) is 8.50. The van der Waals surface area contributed by atoms with Crippen molar-refractivity contribution in [2.45, 2.75) is 0 Å². The Balaban J connectivity index is 2.36. The van der Waals surface area contributed by atoms with Crippen LogP contribution in [0.1, 0.15) is 10.4 Å². The number of benzene rings is 1. The SMILES string of the molecule is NC(=O)c1ccc(-c2ccon2)cc1. The summed E-state index contributed by atoms with van der Waals surface area (Å²) in [7, 11) is 0. The highest BCUT2D eigenvalue weighted by Gasteiger charge is 2.02. The zero-order valence-corrected chi connectivity index (χ0v) is 7.31. The normalized spacial score (nSPS) is 10.0. The third kappa shape index (κ3) is 1.50. The van der Waals surface area contributed by atoms with Crippen LogP contribution in [0.15, 0.2) is 41.1 Å². The standard InChI is InChI=1S/C10H8N2O2/c11-10(13)8-3-1-7(2-4-8)9-5-6-14-12-9/h1-6H,(H2,11,13). The lowest BCUT2D eigenvalue weighted by molar-refractivity contribution is 0.100. The minimum Gasteiger partial charge on any atom is -0.366 e. The molecule has 0 saturated heterocycles. The van der Waals surface area contributed by atoms with Crippen LogP contribution in [-0.4, -0.2) is 11.1 Å². The third-order valence-electron chi connectivity index (χ3n) is 1.90. The van der Waals surface area contributed by atoms with Gasteiger partial charge < -0.3 is 10.3 Å². The second-order valence-electron chi connectivity index (χ2n) is 2.83. The molecule has 14 heavy (non-hydrogen) atoms. The monoisotopic (exact) mass is 188 g/mol. The van der Waals surface area contributed by atoms with Crippen molar-refractivity contribution in [3.63, 3.8) is 0 Å². The molecule has 4 nitrogen and oxygen atoms in total. The van der Waals surface area contributed by atoms with Crippen molar-refractivity contribution in [3.05, 3.63) is 42.2 Å². The highest BCUT2D eigenvalue weighted by Crippen LogP contribution is 2.16. The fourth-order valence-electron chi connectivity index (χ4n) is 1.17. The van der Waals surface area contributed by atoms with E-state index in [-0.39, 0.29) is 0 Å². The lowest BCUT2D eigenvalue weighted by Gasteiger charge is -1.97. The minimum atomic E-state index is -0.434. The summed E-state index contributed by atoms with van der Waals surface area (Å²) in [5, 5.41) is 3.77. The van der Waals surface area contributed by atoms with Crippen molar-refractivity contribution in [2.24, 2.45) is 5.73 Å². The highest BCUT2D eigenvalue weighted by molar-refractivity contribution is 5.93. The van der Waals surface area contributed by atoms with Gasteiger partial charge in [-0.25, -0.2) is 0 Å². The van der Waals surface area contributed by atoms with Crippen LogP contribution in [0, 0.1) is 0 Å². The fraction of sp³-hybridized carbons (Fsp3) is 0. The molecule has 0 spiro atoms. The molecule has 0 radical (unpaired) electrons. The predicted molar refractivity (Wildman–Crippen MR) is 50.5 cm³/mol. The van der Waals surface area contributed by atoms with Gasteiger partial charge in [-0.05, 0) is 12.1 Å². The fourth-order valence-corrected chi connectivity index (χ4v) is 1.17. The van der Waals surface area contributed by atoms with Crippen molar-refractivity contribution < 1.29 is 9.32 Å². The average Bonchev–Trinajstić information content (AvgIpc) is 2.71. The van der Waals surface area contributed by atoms with Crippen LogP contribution in [0.2, 0.25) is 0 Å². The Morgan fingerprint density at radius 3 is 2.43 bits per heavy atom. The lowest BCUT2D eigenvalue weighted by Crippen LogP contribution is -2.10. The second-order valence-corrected chi connectivity index (χ2v) is 2.83. The summed E-state index contributed by atoms with van der Waals surface area (Å²) in [4.78, 5) is 10.8. The first-order valence-electron chi connectivity index (χ1n) is 4.08. The summed E-state index contributed by atoms with van der Waals surface area (Å²) < 4.78 is 4.70. The van der Waals surface area contributed by atoms with Crippen molar-refractivity contribution in [1.82, 2.24) is 5.16 Å². The van der Waals surface area contributed by atoms with Crippen LogP contribution < -0.4 is 5.73 Å². The molecule has 2 rings (SSSR count). The molecule has 0 saturated carbocycles. The number of amides is 1. The number of aromatic nitrogens is 1. The predicted octanol–water partition coefficient (Wildman–Crippen LogP) is 1.44. The van der Waals surface area contributed by atoms with E-state index >= 15 is 0 Å². The number of hydrogen-bond donors (Lipinski definition) is 1. The maximum Gasteiger partial charge on any atom is 0.248 e. The lowest BCUT2D eigenvalue weighted by atomic mass is 10.1. The maximum atomic E-state index is 10.8.